The zero-order valence-electron chi connectivity index (χ0n) is 14.5. The molecule has 1 N–H and O–H groups in total. The number of hydrogen-bond acceptors (Lipinski definition) is 6. The number of benzene rings is 1. The van der Waals surface area contributed by atoms with Crippen molar-refractivity contribution in [3.05, 3.63) is 28.7 Å². The van der Waals surface area contributed by atoms with Gasteiger partial charge in [0, 0.05) is 10.9 Å². The third kappa shape index (κ3) is 5.18. The van der Waals surface area contributed by atoms with Gasteiger partial charge in [-0.1, -0.05) is 15.9 Å². The van der Waals surface area contributed by atoms with E-state index in [1.807, 2.05) is 0 Å². The molecule has 0 aliphatic carbocycles. The lowest BCUT2D eigenvalue weighted by Gasteiger charge is -2.26. The van der Waals surface area contributed by atoms with E-state index in [-0.39, 0.29) is 17.9 Å². The number of likely N-dealkylation sites (tertiary alicyclic amines) is 1. The van der Waals surface area contributed by atoms with E-state index in [9.17, 15) is 23.1 Å². The van der Waals surface area contributed by atoms with Crippen LogP contribution in [0.15, 0.2) is 33.6 Å². The standard InChI is InChI=1S/C16H20BrNO7S/c1-16(2,3)24-15(21)18-9-11(8-13(18)14(19)20)25-26(22,23)12-6-4-10(17)5-7-12/h4-7,11,13H,8-9H2,1-3H3,(H,19,20). The summed E-state index contributed by atoms with van der Waals surface area (Å²) >= 11 is 3.21. The number of ether oxygens (including phenoxy) is 1. The quantitative estimate of drug-likeness (QED) is 0.703. The van der Waals surface area contributed by atoms with E-state index in [4.69, 9.17) is 8.92 Å². The number of nitrogens with zero attached hydrogens (tertiary/aromatic N) is 1. The van der Waals surface area contributed by atoms with Crippen LogP contribution in [0.25, 0.3) is 0 Å². The van der Waals surface area contributed by atoms with Gasteiger partial charge in [0.1, 0.15) is 11.6 Å². The lowest BCUT2D eigenvalue weighted by Crippen LogP contribution is -2.43. The molecule has 2 unspecified atom stereocenters. The Balaban J connectivity index is 2.15. The van der Waals surface area contributed by atoms with Gasteiger partial charge in [-0.2, -0.15) is 8.42 Å². The van der Waals surface area contributed by atoms with Crippen molar-refractivity contribution in [2.24, 2.45) is 0 Å². The monoisotopic (exact) mass is 449 g/mol. The van der Waals surface area contributed by atoms with Crippen molar-refractivity contribution in [3.63, 3.8) is 0 Å². The van der Waals surface area contributed by atoms with Gasteiger partial charge in [0.25, 0.3) is 10.1 Å². The summed E-state index contributed by atoms with van der Waals surface area (Å²) in [5, 5.41) is 9.33. The Morgan fingerprint density at radius 2 is 1.81 bits per heavy atom. The molecule has 0 spiro atoms. The molecule has 0 aromatic heterocycles. The minimum absolute atomic E-state index is 0.0525. The number of rotatable bonds is 4. The van der Waals surface area contributed by atoms with Crippen LogP contribution in [0, 0.1) is 0 Å². The van der Waals surface area contributed by atoms with E-state index in [0.29, 0.717) is 4.47 Å². The van der Waals surface area contributed by atoms with Gasteiger partial charge in [0.2, 0.25) is 0 Å². The van der Waals surface area contributed by atoms with Crippen molar-refractivity contribution >= 4 is 38.1 Å². The van der Waals surface area contributed by atoms with Gasteiger partial charge in [-0.05, 0) is 45.0 Å². The highest BCUT2D eigenvalue weighted by Crippen LogP contribution is 2.27. The first-order chi connectivity index (χ1) is 11.9. The summed E-state index contributed by atoms with van der Waals surface area (Å²) < 4.78 is 35.8. The molecule has 8 nitrogen and oxygen atoms in total. The molecule has 0 bridgehead atoms. The SMILES string of the molecule is CC(C)(C)OC(=O)N1CC(OS(=O)(=O)c2ccc(Br)cc2)CC1C(=O)O. The predicted octanol–water partition coefficient (Wildman–Crippen LogP) is 2.62. The van der Waals surface area contributed by atoms with Crippen molar-refractivity contribution in [2.45, 2.75) is 49.8 Å². The van der Waals surface area contributed by atoms with Gasteiger partial charge >= 0.3 is 12.1 Å². The molecule has 144 valence electrons. The second-order valence-electron chi connectivity index (χ2n) is 6.85. The zero-order chi connectivity index (χ0) is 19.7. The van der Waals surface area contributed by atoms with Crippen LogP contribution >= 0.6 is 15.9 Å². The largest absolute Gasteiger partial charge is 0.480 e. The molecule has 2 atom stereocenters. The van der Waals surface area contributed by atoms with Crippen molar-refractivity contribution in [2.75, 3.05) is 6.54 Å². The van der Waals surface area contributed by atoms with Gasteiger partial charge in [-0.3, -0.25) is 9.08 Å². The highest BCUT2D eigenvalue weighted by atomic mass is 79.9. The fraction of sp³-hybridized carbons (Fsp3) is 0.500. The highest BCUT2D eigenvalue weighted by Gasteiger charge is 2.43. The molecule has 26 heavy (non-hydrogen) atoms. The molecule has 1 aliphatic heterocycles. The number of carbonyl (C=O) groups excluding carboxylic acids is 1. The van der Waals surface area contributed by atoms with Crippen molar-refractivity contribution in [3.8, 4) is 0 Å². The lowest BCUT2D eigenvalue weighted by molar-refractivity contribution is -0.142. The van der Waals surface area contributed by atoms with Crippen LogP contribution in [0.2, 0.25) is 0 Å². The number of aliphatic carboxylic acids is 1. The number of amides is 1. The molecule has 1 heterocycles. The normalized spacial score (nSPS) is 20.8. The first-order valence-corrected chi connectivity index (χ1v) is 10.0. The summed E-state index contributed by atoms with van der Waals surface area (Å²) in [6.07, 6.45) is -1.95. The molecule has 1 fully saturated rings. The van der Waals surface area contributed by atoms with Crippen molar-refractivity contribution in [1.82, 2.24) is 4.90 Å². The van der Waals surface area contributed by atoms with E-state index in [1.165, 1.54) is 12.1 Å². The average Bonchev–Trinajstić information content (AvgIpc) is 2.89. The Morgan fingerprint density at radius 1 is 1.23 bits per heavy atom. The van der Waals surface area contributed by atoms with Crippen LogP contribution in [-0.2, 0) is 23.8 Å². The molecule has 0 saturated carbocycles. The number of carboxylic acids is 1. The Morgan fingerprint density at radius 3 is 2.31 bits per heavy atom. The van der Waals surface area contributed by atoms with Crippen LogP contribution in [0.5, 0.6) is 0 Å². The van der Waals surface area contributed by atoms with Crippen LogP contribution < -0.4 is 0 Å². The van der Waals surface area contributed by atoms with E-state index < -0.39 is 39.9 Å². The summed E-state index contributed by atoms with van der Waals surface area (Å²) in [6, 6.07) is 4.63. The Hall–Kier alpha value is -1.65. The highest BCUT2D eigenvalue weighted by molar-refractivity contribution is 9.10. The molecule has 1 saturated heterocycles. The summed E-state index contributed by atoms with van der Waals surface area (Å²) in [4.78, 5) is 24.6. The van der Waals surface area contributed by atoms with Gasteiger partial charge in [0.15, 0.2) is 0 Å². The third-order valence-electron chi connectivity index (χ3n) is 3.54. The van der Waals surface area contributed by atoms with E-state index >= 15 is 0 Å². The molecule has 1 aromatic rings. The van der Waals surface area contributed by atoms with Crippen LogP contribution in [0.1, 0.15) is 27.2 Å². The minimum Gasteiger partial charge on any atom is -0.480 e. The number of hydrogen-bond donors (Lipinski definition) is 1. The maximum Gasteiger partial charge on any atom is 0.411 e. The summed E-state index contributed by atoms with van der Waals surface area (Å²) in [5.41, 5.74) is -0.803. The number of halogens is 1. The molecule has 2 rings (SSSR count). The Labute approximate surface area is 160 Å². The van der Waals surface area contributed by atoms with Gasteiger partial charge in [-0.25, -0.2) is 9.59 Å². The zero-order valence-corrected chi connectivity index (χ0v) is 16.9. The molecule has 1 amide bonds. The van der Waals surface area contributed by atoms with Gasteiger partial charge in [-0.15, -0.1) is 0 Å². The van der Waals surface area contributed by atoms with Crippen molar-refractivity contribution in [1.29, 1.82) is 0 Å². The smallest absolute Gasteiger partial charge is 0.411 e. The van der Waals surface area contributed by atoms with Crippen LogP contribution in [-0.4, -0.2) is 54.8 Å². The molecule has 10 heteroatoms. The van der Waals surface area contributed by atoms with Crippen LogP contribution in [0.3, 0.4) is 0 Å². The summed E-state index contributed by atoms with van der Waals surface area (Å²) in [6.45, 7) is 4.77. The number of carbonyl (C=O) groups is 2. The average molecular weight is 450 g/mol. The fourth-order valence-electron chi connectivity index (χ4n) is 2.46. The summed E-state index contributed by atoms with van der Waals surface area (Å²) in [7, 11) is -4.09. The molecule has 1 aromatic carbocycles. The van der Waals surface area contributed by atoms with Crippen LogP contribution in [0.4, 0.5) is 4.79 Å². The molecule has 1 aliphatic rings. The Bertz CT molecular complexity index is 786. The van der Waals surface area contributed by atoms with Gasteiger partial charge in [0.05, 0.1) is 17.5 Å². The summed E-state index contributed by atoms with van der Waals surface area (Å²) in [5.74, 6) is -1.25. The van der Waals surface area contributed by atoms with Gasteiger partial charge < -0.3 is 9.84 Å². The second kappa shape index (κ2) is 7.53. The fourth-order valence-corrected chi connectivity index (χ4v) is 3.80. The third-order valence-corrected chi connectivity index (χ3v) is 5.44. The van der Waals surface area contributed by atoms with E-state index in [2.05, 4.69) is 15.9 Å². The predicted molar refractivity (Wildman–Crippen MR) is 95.2 cm³/mol. The maximum atomic E-state index is 12.4. The second-order valence-corrected chi connectivity index (χ2v) is 9.34. The van der Waals surface area contributed by atoms with Crippen molar-refractivity contribution < 1.29 is 32.0 Å². The maximum absolute atomic E-state index is 12.4. The lowest BCUT2D eigenvalue weighted by atomic mass is 10.2. The minimum atomic E-state index is -4.09. The Kier molecular flexibility index (Phi) is 5.99. The van der Waals surface area contributed by atoms with E-state index in [0.717, 1.165) is 4.90 Å². The van der Waals surface area contributed by atoms with E-state index in [1.54, 1.807) is 32.9 Å². The number of carboxylic acid groups (broad SMARTS) is 1. The topological polar surface area (TPSA) is 110 Å². The molecular weight excluding hydrogens is 430 g/mol. The first kappa shape index (κ1) is 20.7. The molecule has 0 radical (unpaired) electrons. The molecular formula is C16H20BrNO7S. The first-order valence-electron chi connectivity index (χ1n) is 7.80.